The minimum atomic E-state index is -0.157. The molecule has 0 spiro atoms. The number of para-hydroxylation sites is 2. The first-order valence-electron chi connectivity index (χ1n) is 10.6. The third kappa shape index (κ3) is 4.03. The van der Waals surface area contributed by atoms with E-state index in [1.54, 1.807) is 12.1 Å². The Hall–Kier alpha value is -3.45. The van der Waals surface area contributed by atoms with Crippen molar-refractivity contribution in [2.24, 2.45) is 0 Å². The summed E-state index contributed by atoms with van der Waals surface area (Å²) in [6.07, 6.45) is 1.48. The Bertz CT molecular complexity index is 1270. The third-order valence-corrected chi connectivity index (χ3v) is 6.20. The van der Waals surface area contributed by atoms with E-state index in [2.05, 4.69) is 20.4 Å². The summed E-state index contributed by atoms with van der Waals surface area (Å²) in [7, 11) is 0. The number of hydrogen-bond donors (Lipinski definition) is 1. The highest BCUT2D eigenvalue weighted by molar-refractivity contribution is 6.33. The molecule has 0 aliphatic carbocycles. The van der Waals surface area contributed by atoms with E-state index < -0.39 is 0 Å². The van der Waals surface area contributed by atoms with Gasteiger partial charge in [-0.25, -0.2) is 9.78 Å². The van der Waals surface area contributed by atoms with E-state index in [1.807, 2.05) is 60.4 Å². The van der Waals surface area contributed by atoms with Crippen molar-refractivity contribution < 1.29 is 9.32 Å². The zero-order valence-corrected chi connectivity index (χ0v) is 18.3. The topological polar surface area (TPSA) is 84.2 Å². The van der Waals surface area contributed by atoms with Gasteiger partial charge in [0.25, 0.3) is 0 Å². The number of nitrogens with zero attached hydrogens (tertiary/aromatic N) is 4. The molecule has 2 aromatic carbocycles. The maximum atomic E-state index is 12.8. The molecule has 1 aliphatic rings. The smallest absolute Gasteiger partial charge is 0.322 e. The Morgan fingerprint density at radius 1 is 1.09 bits per heavy atom. The van der Waals surface area contributed by atoms with Crippen molar-refractivity contribution in [2.75, 3.05) is 11.9 Å². The number of halogens is 1. The van der Waals surface area contributed by atoms with Crippen LogP contribution in [-0.2, 0) is 0 Å². The predicted octanol–water partition coefficient (Wildman–Crippen LogP) is 5.74. The van der Waals surface area contributed by atoms with Crippen LogP contribution in [0.15, 0.2) is 65.2 Å². The molecule has 2 atom stereocenters. The van der Waals surface area contributed by atoms with Crippen LogP contribution in [0, 0.1) is 0 Å². The SMILES string of the molecule is C[C@@H]1C[C@H](c2nc(-c3ccc4ccccc4n3)no2)CCN1C(=O)Nc1ccccc1Cl. The molecular formula is C24H22ClN5O2. The summed E-state index contributed by atoms with van der Waals surface area (Å²) >= 11 is 6.17. The molecule has 7 nitrogen and oxygen atoms in total. The zero-order valence-electron chi connectivity index (χ0n) is 17.5. The molecule has 5 rings (SSSR count). The first kappa shape index (κ1) is 20.5. The highest BCUT2D eigenvalue weighted by Crippen LogP contribution is 2.32. The first-order valence-corrected chi connectivity index (χ1v) is 11.0. The number of urea groups is 1. The van der Waals surface area contributed by atoms with Gasteiger partial charge in [0.15, 0.2) is 0 Å². The number of likely N-dealkylation sites (tertiary alicyclic amines) is 1. The van der Waals surface area contributed by atoms with Gasteiger partial charge in [0.1, 0.15) is 5.69 Å². The van der Waals surface area contributed by atoms with E-state index >= 15 is 0 Å². The number of hydrogen-bond acceptors (Lipinski definition) is 5. The van der Waals surface area contributed by atoms with Gasteiger partial charge in [0.2, 0.25) is 11.7 Å². The van der Waals surface area contributed by atoms with Crippen LogP contribution in [0.2, 0.25) is 5.02 Å². The minimum Gasteiger partial charge on any atom is -0.339 e. The van der Waals surface area contributed by atoms with Crippen LogP contribution in [0.5, 0.6) is 0 Å². The van der Waals surface area contributed by atoms with Crippen molar-refractivity contribution in [1.29, 1.82) is 0 Å². The third-order valence-electron chi connectivity index (χ3n) is 5.87. The van der Waals surface area contributed by atoms with Crippen LogP contribution in [0.1, 0.15) is 31.6 Å². The van der Waals surface area contributed by atoms with Gasteiger partial charge >= 0.3 is 6.03 Å². The maximum Gasteiger partial charge on any atom is 0.322 e. The number of fused-ring (bicyclic) bond motifs is 1. The predicted molar refractivity (Wildman–Crippen MR) is 124 cm³/mol. The van der Waals surface area contributed by atoms with Gasteiger partial charge in [-0.1, -0.05) is 53.2 Å². The molecule has 2 aromatic heterocycles. The highest BCUT2D eigenvalue weighted by atomic mass is 35.5. The molecule has 0 radical (unpaired) electrons. The number of nitrogens with one attached hydrogen (secondary N) is 1. The second-order valence-corrected chi connectivity index (χ2v) is 8.43. The fourth-order valence-corrected chi connectivity index (χ4v) is 4.33. The molecule has 1 aliphatic heterocycles. The van der Waals surface area contributed by atoms with E-state index in [9.17, 15) is 4.79 Å². The minimum absolute atomic E-state index is 0.0189. The van der Waals surface area contributed by atoms with Crippen LogP contribution in [0.4, 0.5) is 10.5 Å². The fourth-order valence-electron chi connectivity index (χ4n) is 4.14. The monoisotopic (exact) mass is 447 g/mol. The van der Waals surface area contributed by atoms with E-state index in [-0.39, 0.29) is 18.0 Å². The first-order chi connectivity index (χ1) is 15.6. The number of amides is 2. The number of rotatable bonds is 3. The largest absolute Gasteiger partial charge is 0.339 e. The average molecular weight is 448 g/mol. The van der Waals surface area contributed by atoms with E-state index in [4.69, 9.17) is 16.1 Å². The number of pyridine rings is 1. The Morgan fingerprint density at radius 2 is 1.91 bits per heavy atom. The second-order valence-electron chi connectivity index (χ2n) is 8.02. The Labute approximate surface area is 190 Å². The van der Waals surface area contributed by atoms with E-state index in [1.165, 1.54) is 0 Å². The number of benzene rings is 2. The standard InChI is InChI=1S/C24H22ClN5O2/c1-15-14-17(12-13-30(15)24(31)27-20-9-5-3-7-18(20)25)23-28-22(29-32-23)21-11-10-16-6-2-4-8-19(16)26-21/h2-11,15,17H,12-14H2,1H3,(H,27,31)/t15-,17-/m1/s1. The Balaban J connectivity index is 1.27. The van der Waals surface area contributed by atoms with Gasteiger partial charge in [-0.3, -0.25) is 0 Å². The molecule has 32 heavy (non-hydrogen) atoms. The van der Waals surface area contributed by atoms with Crippen LogP contribution < -0.4 is 5.32 Å². The molecule has 162 valence electrons. The van der Waals surface area contributed by atoms with Gasteiger partial charge in [-0.05, 0) is 44.0 Å². The highest BCUT2D eigenvalue weighted by Gasteiger charge is 2.32. The molecule has 0 bridgehead atoms. The quantitative estimate of drug-likeness (QED) is 0.433. The van der Waals surface area contributed by atoms with Gasteiger partial charge in [-0.15, -0.1) is 0 Å². The number of anilines is 1. The van der Waals surface area contributed by atoms with Crippen LogP contribution in [-0.4, -0.2) is 38.6 Å². The molecule has 8 heteroatoms. The second kappa shape index (κ2) is 8.59. The summed E-state index contributed by atoms with van der Waals surface area (Å²) in [6.45, 7) is 2.62. The summed E-state index contributed by atoms with van der Waals surface area (Å²) in [4.78, 5) is 23.8. The Kier molecular flexibility index (Phi) is 5.49. The molecule has 0 saturated carbocycles. The molecule has 4 aromatic rings. The lowest BCUT2D eigenvalue weighted by Crippen LogP contribution is -2.46. The Morgan fingerprint density at radius 3 is 2.75 bits per heavy atom. The normalized spacial score (nSPS) is 18.6. The summed E-state index contributed by atoms with van der Waals surface area (Å²) in [5, 5.41) is 8.64. The zero-order chi connectivity index (χ0) is 22.1. The summed E-state index contributed by atoms with van der Waals surface area (Å²) in [5.74, 6) is 1.17. The average Bonchev–Trinajstić information content (AvgIpc) is 3.30. The lowest BCUT2D eigenvalue weighted by Gasteiger charge is -2.36. The molecule has 0 unspecified atom stereocenters. The van der Waals surface area contributed by atoms with Crippen molar-refractivity contribution in [2.45, 2.75) is 31.7 Å². The van der Waals surface area contributed by atoms with Crippen molar-refractivity contribution in [3.05, 3.63) is 71.6 Å². The molecule has 1 saturated heterocycles. The molecule has 2 amide bonds. The lowest BCUT2D eigenvalue weighted by atomic mass is 9.91. The summed E-state index contributed by atoms with van der Waals surface area (Å²) in [6, 6.07) is 18.9. The molecule has 1 fully saturated rings. The van der Waals surface area contributed by atoms with Gasteiger partial charge in [0, 0.05) is 23.9 Å². The van der Waals surface area contributed by atoms with Gasteiger partial charge in [-0.2, -0.15) is 4.98 Å². The van der Waals surface area contributed by atoms with Gasteiger partial charge in [0.05, 0.1) is 16.2 Å². The lowest BCUT2D eigenvalue weighted by molar-refractivity contribution is 0.153. The van der Waals surface area contributed by atoms with Crippen molar-refractivity contribution in [1.82, 2.24) is 20.0 Å². The molecule has 1 N–H and O–H groups in total. The van der Waals surface area contributed by atoms with Gasteiger partial charge < -0.3 is 14.7 Å². The molecule has 3 heterocycles. The van der Waals surface area contributed by atoms with Crippen LogP contribution >= 0.6 is 11.6 Å². The van der Waals surface area contributed by atoms with Crippen molar-refractivity contribution >= 4 is 34.2 Å². The number of carbonyl (C=O) groups is 1. The molecular weight excluding hydrogens is 426 g/mol. The van der Waals surface area contributed by atoms with Crippen LogP contribution in [0.25, 0.3) is 22.4 Å². The van der Waals surface area contributed by atoms with Crippen molar-refractivity contribution in [3.63, 3.8) is 0 Å². The number of carbonyl (C=O) groups excluding carboxylic acids is 1. The number of piperidine rings is 1. The van der Waals surface area contributed by atoms with E-state index in [0.29, 0.717) is 34.7 Å². The maximum absolute atomic E-state index is 12.8. The summed E-state index contributed by atoms with van der Waals surface area (Å²) in [5.41, 5.74) is 2.18. The van der Waals surface area contributed by atoms with Crippen molar-refractivity contribution in [3.8, 4) is 11.5 Å². The fraction of sp³-hybridized carbons (Fsp3) is 0.250. The van der Waals surface area contributed by atoms with Crippen LogP contribution in [0.3, 0.4) is 0 Å². The summed E-state index contributed by atoms with van der Waals surface area (Å²) < 4.78 is 5.59. The van der Waals surface area contributed by atoms with E-state index in [0.717, 1.165) is 23.7 Å². The number of aromatic nitrogens is 3.